The molecule has 2 amide bonds. The lowest BCUT2D eigenvalue weighted by molar-refractivity contribution is -0.141. The molecule has 0 radical (unpaired) electrons. The van der Waals surface area contributed by atoms with Crippen molar-refractivity contribution in [1.29, 1.82) is 0 Å². The molecule has 1 aliphatic heterocycles. The van der Waals surface area contributed by atoms with Crippen molar-refractivity contribution in [2.75, 3.05) is 13.6 Å². The molecule has 0 aromatic heterocycles. The summed E-state index contributed by atoms with van der Waals surface area (Å²) in [5.41, 5.74) is 0. The quantitative estimate of drug-likeness (QED) is 0.745. The van der Waals surface area contributed by atoms with Crippen LogP contribution in [-0.4, -0.2) is 52.6 Å². The van der Waals surface area contributed by atoms with Crippen molar-refractivity contribution < 1.29 is 14.7 Å². The molecule has 0 spiro atoms. The third-order valence-electron chi connectivity index (χ3n) is 2.86. The van der Waals surface area contributed by atoms with Crippen molar-refractivity contribution in [1.82, 2.24) is 9.80 Å². The molecular weight excluding hydrogens is 196 g/mol. The maximum atomic E-state index is 11.9. The molecule has 1 heterocycles. The average Bonchev–Trinajstić information content (AvgIpc) is 2.63. The Morgan fingerprint density at radius 3 is 2.53 bits per heavy atom. The highest BCUT2D eigenvalue weighted by Gasteiger charge is 2.35. The SMILES string of the molecule is CC(C)N(C)C(=O)N1CCC[C@@H]1C(=O)O. The lowest BCUT2D eigenvalue weighted by Gasteiger charge is -2.29. The number of carbonyl (C=O) groups excluding carboxylic acids is 1. The number of carboxylic acids is 1. The number of aliphatic carboxylic acids is 1. The first kappa shape index (κ1) is 11.8. The number of carbonyl (C=O) groups is 2. The zero-order valence-corrected chi connectivity index (χ0v) is 9.43. The topological polar surface area (TPSA) is 60.9 Å². The summed E-state index contributed by atoms with van der Waals surface area (Å²) in [6, 6.07) is -0.735. The maximum absolute atomic E-state index is 11.9. The number of rotatable bonds is 2. The van der Waals surface area contributed by atoms with Crippen LogP contribution in [-0.2, 0) is 4.79 Å². The first-order valence-electron chi connectivity index (χ1n) is 5.21. The van der Waals surface area contributed by atoms with Gasteiger partial charge in [-0.15, -0.1) is 0 Å². The van der Waals surface area contributed by atoms with Crippen LogP contribution in [0.25, 0.3) is 0 Å². The summed E-state index contributed by atoms with van der Waals surface area (Å²) in [5, 5.41) is 8.94. The Kier molecular flexibility index (Phi) is 3.55. The van der Waals surface area contributed by atoms with Crippen LogP contribution >= 0.6 is 0 Å². The fraction of sp³-hybridized carbons (Fsp3) is 0.800. The highest BCUT2D eigenvalue weighted by molar-refractivity contribution is 5.83. The largest absolute Gasteiger partial charge is 0.480 e. The monoisotopic (exact) mass is 214 g/mol. The second-order valence-corrected chi connectivity index (χ2v) is 4.18. The molecule has 0 unspecified atom stereocenters. The Hall–Kier alpha value is -1.26. The Balaban J connectivity index is 2.70. The van der Waals surface area contributed by atoms with Gasteiger partial charge in [0, 0.05) is 19.6 Å². The zero-order valence-electron chi connectivity index (χ0n) is 9.43. The number of urea groups is 1. The molecule has 1 N–H and O–H groups in total. The molecule has 1 aliphatic rings. The van der Waals surface area contributed by atoms with Crippen LogP contribution in [0.5, 0.6) is 0 Å². The molecule has 1 fully saturated rings. The average molecular weight is 214 g/mol. The fourth-order valence-electron chi connectivity index (χ4n) is 1.68. The van der Waals surface area contributed by atoms with E-state index >= 15 is 0 Å². The summed E-state index contributed by atoms with van der Waals surface area (Å²) in [6.07, 6.45) is 1.33. The van der Waals surface area contributed by atoms with Crippen LogP contribution in [0.2, 0.25) is 0 Å². The second kappa shape index (κ2) is 4.51. The predicted octanol–water partition coefficient (Wildman–Crippen LogP) is 0.996. The van der Waals surface area contributed by atoms with Crippen LogP contribution in [0.3, 0.4) is 0 Å². The molecule has 15 heavy (non-hydrogen) atoms. The summed E-state index contributed by atoms with van der Waals surface area (Å²) in [5.74, 6) is -0.905. The molecule has 0 saturated carbocycles. The van der Waals surface area contributed by atoms with E-state index in [2.05, 4.69) is 0 Å². The minimum absolute atomic E-state index is 0.0903. The predicted molar refractivity (Wildman–Crippen MR) is 55.7 cm³/mol. The van der Waals surface area contributed by atoms with E-state index in [0.29, 0.717) is 13.0 Å². The number of hydrogen-bond acceptors (Lipinski definition) is 2. The van der Waals surface area contributed by atoms with Gasteiger partial charge < -0.3 is 14.9 Å². The summed E-state index contributed by atoms with van der Waals surface area (Å²) < 4.78 is 0. The van der Waals surface area contributed by atoms with E-state index in [9.17, 15) is 9.59 Å². The van der Waals surface area contributed by atoms with Gasteiger partial charge in [0.2, 0.25) is 0 Å². The van der Waals surface area contributed by atoms with Crippen LogP contribution in [0, 0.1) is 0 Å². The van der Waals surface area contributed by atoms with Gasteiger partial charge in [0.05, 0.1) is 0 Å². The van der Waals surface area contributed by atoms with Gasteiger partial charge in [-0.05, 0) is 26.7 Å². The van der Waals surface area contributed by atoms with Crippen LogP contribution in [0.15, 0.2) is 0 Å². The van der Waals surface area contributed by atoms with Gasteiger partial charge in [0.15, 0.2) is 0 Å². The number of amides is 2. The molecule has 86 valence electrons. The molecule has 0 aliphatic carbocycles. The first-order valence-corrected chi connectivity index (χ1v) is 5.21. The van der Waals surface area contributed by atoms with Crippen molar-refractivity contribution in [3.8, 4) is 0 Å². The van der Waals surface area contributed by atoms with Gasteiger partial charge in [-0.25, -0.2) is 9.59 Å². The minimum Gasteiger partial charge on any atom is -0.480 e. The molecule has 5 heteroatoms. The Morgan fingerprint density at radius 2 is 2.07 bits per heavy atom. The van der Waals surface area contributed by atoms with Gasteiger partial charge in [0.25, 0.3) is 0 Å². The molecule has 5 nitrogen and oxygen atoms in total. The fourth-order valence-corrected chi connectivity index (χ4v) is 1.68. The van der Waals surface area contributed by atoms with Crippen LogP contribution in [0.4, 0.5) is 4.79 Å². The first-order chi connectivity index (χ1) is 6.95. The summed E-state index contributed by atoms with van der Waals surface area (Å²) in [6.45, 7) is 4.36. The summed E-state index contributed by atoms with van der Waals surface area (Å²) in [7, 11) is 1.70. The number of likely N-dealkylation sites (tertiary alicyclic amines) is 1. The van der Waals surface area contributed by atoms with Crippen LogP contribution in [0.1, 0.15) is 26.7 Å². The van der Waals surface area contributed by atoms with Crippen molar-refractivity contribution in [2.45, 2.75) is 38.8 Å². The Labute approximate surface area is 89.7 Å². The van der Waals surface area contributed by atoms with E-state index in [4.69, 9.17) is 5.11 Å². The van der Waals surface area contributed by atoms with E-state index < -0.39 is 12.0 Å². The van der Waals surface area contributed by atoms with Gasteiger partial charge in [-0.3, -0.25) is 0 Å². The molecule has 0 aromatic rings. The normalized spacial score (nSPS) is 20.8. The highest BCUT2D eigenvalue weighted by Crippen LogP contribution is 2.19. The standard InChI is InChI=1S/C10H18N2O3/c1-7(2)11(3)10(15)12-6-4-5-8(12)9(13)14/h7-8H,4-6H2,1-3H3,(H,13,14)/t8-/m1/s1. The van der Waals surface area contributed by atoms with E-state index in [1.807, 2.05) is 13.8 Å². The van der Waals surface area contributed by atoms with Gasteiger partial charge in [0.1, 0.15) is 6.04 Å². The minimum atomic E-state index is -0.905. The van der Waals surface area contributed by atoms with Crippen molar-refractivity contribution in [3.63, 3.8) is 0 Å². The molecular formula is C10H18N2O3. The molecule has 1 rings (SSSR count). The van der Waals surface area contributed by atoms with E-state index in [-0.39, 0.29) is 12.1 Å². The third-order valence-corrected chi connectivity index (χ3v) is 2.86. The van der Waals surface area contributed by atoms with Gasteiger partial charge in [-0.2, -0.15) is 0 Å². The van der Waals surface area contributed by atoms with E-state index in [0.717, 1.165) is 6.42 Å². The van der Waals surface area contributed by atoms with Crippen molar-refractivity contribution in [3.05, 3.63) is 0 Å². The van der Waals surface area contributed by atoms with Crippen molar-refractivity contribution >= 4 is 12.0 Å². The molecule has 0 bridgehead atoms. The third kappa shape index (κ3) is 2.40. The van der Waals surface area contributed by atoms with Crippen molar-refractivity contribution in [2.24, 2.45) is 0 Å². The Morgan fingerprint density at radius 1 is 1.47 bits per heavy atom. The Bertz CT molecular complexity index is 265. The lowest BCUT2D eigenvalue weighted by atomic mass is 10.2. The lowest BCUT2D eigenvalue weighted by Crippen LogP contribution is -2.48. The van der Waals surface area contributed by atoms with E-state index in [1.54, 1.807) is 11.9 Å². The maximum Gasteiger partial charge on any atom is 0.326 e. The highest BCUT2D eigenvalue weighted by atomic mass is 16.4. The summed E-state index contributed by atoms with van der Waals surface area (Å²) >= 11 is 0. The van der Waals surface area contributed by atoms with Gasteiger partial charge in [-0.1, -0.05) is 0 Å². The second-order valence-electron chi connectivity index (χ2n) is 4.18. The zero-order chi connectivity index (χ0) is 11.6. The number of nitrogens with zero attached hydrogens (tertiary/aromatic N) is 2. The number of hydrogen-bond donors (Lipinski definition) is 1. The molecule has 1 atom stereocenters. The smallest absolute Gasteiger partial charge is 0.326 e. The summed E-state index contributed by atoms with van der Waals surface area (Å²) in [4.78, 5) is 25.8. The van der Waals surface area contributed by atoms with Crippen LogP contribution < -0.4 is 0 Å². The molecule has 0 aromatic carbocycles. The van der Waals surface area contributed by atoms with Gasteiger partial charge >= 0.3 is 12.0 Å². The van der Waals surface area contributed by atoms with E-state index in [1.165, 1.54) is 4.90 Å². The number of carboxylic acid groups (broad SMARTS) is 1. The molecule has 1 saturated heterocycles.